The van der Waals surface area contributed by atoms with Crippen LogP contribution in [0.1, 0.15) is 66.7 Å². The van der Waals surface area contributed by atoms with Gasteiger partial charge in [0, 0.05) is 6.04 Å². The SMILES string of the molecule is CCNC(C(C)C)C1CCCC(C(C)C)CC1. The molecule has 1 rings (SSSR count). The fourth-order valence-electron chi connectivity index (χ4n) is 3.57. The quantitative estimate of drug-likeness (QED) is 0.698. The molecule has 102 valence electrons. The Labute approximate surface area is 109 Å². The first-order valence-corrected chi connectivity index (χ1v) is 7.79. The van der Waals surface area contributed by atoms with Gasteiger partial charge < -0.3 is 5.32 Å². The Kier molecular flexibility index (Phi) is 6.54. The van der Waals surface area contributed by atoms with E-state index in [1.165, 1.54) is 32.1 Å². The lowest BCUT2D eigenvalue weighted by Crippen LogP contribution is -2.40. The zero-order chi connectivity index (χ0) is 12.8. The summed E-state index contributed by atoms with van der Waals surface area (Å²) in [5.74, 6) is 3.55. The fraction of sp³-hybridized carbons (Fsp3) is 1.00. The van der Waals surface area contributed by atoms with Gasteiger partial charge in [-0.15, -0.1) is 0 Å². The molecular formula is C16H33N. The number of hydrogen-bond donors (Lipinski definition) is 1. The zero-order valence-electron chi connectivity index (χ0n) is 12.6. The van der Waals surface area contributed by atoms with Crippen molar-refractivity contribution in [3.05, 3.63) is 0 Å². The lowest BCUT2D eigenvalue weighted by molar-refractivity contribution is 0.255. The van der Waals surface area contributed by atoms with Gasteiger partial charge in [-0.2, -0.15) is 0 Å². The summed E-state index contributed by atoms with van der Waals surface area (Å²) in [7, 11) is 0. The van der Waals surface area contributed by atoms with Crippen LogP contribution in [0.4, 0.5) is 0 Å². The molecule has 1 aliphatic carbocycles. The van der Waals surface area contributed by atoms with E-state index in [1.807, 2.05) is 0 Å². The van der Waals surface area contributed by atoms with Gasteiger partial charge >= 0.3 is 0 Å². The van der Waals surface area contributed by atoms with Crippen molar-refractivity contribution in [3.63, 3.8) is 0 Å². The summed E-state index contributed by atoms with van der Waals surface area (Å²) in [6.07, 6.45) is 7.25. The van der Waals surface area contributed by atoms with E-state index in [2.05, 4.69) is 39.9 Å². The molecule has 1 nitrogen and oxygen atoms in total. The van der Waals surface area contributed by atoms with Crippen molar-refractivity contribution in [3.8, 4) is 0 Å². The van der Waals surface area contributed by atoms with Gasteiger partial charge in [0.25, 0.3) is 0 Å². The van der Waals surface area contributed by atoms with Gasteiger partial charge in [0.1, 0.15) is 0 Å². The average Bonchev–Trinajstić information content (AvgIpc) is 2.50. The second-order valence-electron chi connectivity index (χ2n) is 6.60. The minimum absolute atomic E-state index is 0.742. The lowest BCUT2D eigenvalue weighted by Gasteiger charge is -2.30. The van der Waals surface area contributed by atoms with Gasteiger partial charge in [0.2, 0.25) is 0 Å². The van der Waals surface area contributed by atoms with Gasteiger partial charge in [0.15, 0.2) is 0 Å². The third-order valence-electron chi connectivity index (χ3n) is 4.67. The molecule has 0 amide bonds. The highest BCUT2D eigenvalue weighted by Crippen LogP contribution is 2.34. The van der Waals surface area contributed by atoms with Crippen molar-refractivity contribution < 1.29 is 0 Å². The summed E-state index contributed by atoms with van der Waals surface area (Å²) >= 11 is 0. The van der Waals surface area contributed by atoms with Crippen LogP contribution in [0.5, 0.6) is 0 Å². The van der Waals surface area contributed by atoms with Gasteiger partial charge in [-0.3, -0.25) is 0 Å². The van der Waals surface area contributed by atoms with Crippen LogP contribution in [0.3, 0.4) is 0 Å². The maximum absolute atomic E-state index is 3.72. The second-order valence-corrected chi connectivity index (χ2v) is 6.60. The van der Waals surface area contributed by atoms with Crippen molar-refractivity contribution in [2.75, 3.05) is 6.54 Å². The van der Waals surface area contributed by atoms with E-state index >= 15 is 0 Å². The Morgan fingerprint density at radius 2 is 1.53 bits per heavy atom. The normalized spacial score (nSPS) is 28.4. The smallest absolute Gasteiger partial charge is 0.0118 e. The Balaban J connectivity index is 2.53. The van der Waals surface area contributed by atoms with Crippen molar-refractivity contribution in [1.29, 1.82) is 0 Å². The van der Waals surface area contributed by atoms with Crippen LogP contribution < -0.4 is 5.32 Å². The van der Waals surface area contributed by atoms with Crippen LogP contribution in [0, 0.1) is 23.7 Å². The largest absolute Gasteiger partial charge is 0.314 e. The van der Waals surface area contributed by atoms with Crippen molar-refractivity contribution in [1.82, 2.24) is 5.32 Å². The lowest BCUT2D eigenvalue weighted by atomic mass is 9.84. The standard InChI is InChI=1S/C16H33N/c1-6-17-16(13(4)5)15-9-7-8-14(10-11-15)12(2)3/h12-17H,6-11H2,1-5H3. The Hall–Kier alpha value is -0.0400. The van der Waals surface area contributed by atoms with Crippen molar-refractivity contribution >= 4 is 0 Å². The highest BCUT2D eigenvalue weighted by atomic mass is 14.9. The molecule has 0 aromatic heterocycles. The molecule has 1 heteroatoms. The Morgan fingerprint density at radius 3 is 2.06 bits per heavy atom. The summed E-state index contributed by atoms with van der Waals surface area (Å²) < 4.78 is 0. The summed E-state index contributed by atoms with van der Waals surface area (Å²) in [6.45, 7) is 12.9. The highest BCUT2D eigenvalue weighted by molar-refractivity contribution is 4.82. The molecule has 3 unspecified atom stereocenters. The number of rotatable bonds is 5. The fourth-order valence-corrected chi connectivity index (χ4v) is 3.57. The predicted octanol–water partition coefficient (Wildman–Crippen LogP) is 4.47. The van der Waals surface area contributed by atoms with Crippen molar-refractivity contribution in [2.24, 2.45) is 23.7 Å². The first-order chi connectivity index (χ1) is 8.06. The molecule has 17 heavy (non-hydrogen) atoms. The van der Waals surface area contributed by atoms with E-state index in [9.17, 15) is 0 Å². The van der Waals surface area contributed by atoms with Crippen LogP contribution in [-0.4, -0.2) is 12.6 Å². The van der Waals surface area contributed by atoms with Gasteiger partial charge in [0.05, 0.1) is 0 Å². The van der Waals surface area contributed by atoms with Gasteiger partial charge in [-0.1, -0.05) is 47.5 Å². The molecule has 0 spiro atoms. The first kappa shape index (κ1) is 15.0. The molecule has 1 fully saturated rings. The molecule has 1 saturated carbocycles. The monoisotopic (exact) mass is 239 g/mol. The summed E-state index contributed by atoms with van der Waals surface area (Å²) in [5, 5.41) is 3.72. The molecule has 0 radical (unpaired) electrons. The maximum atomic E-state index is 3.72. The van der Waals surface area contributed by atoms with Crippen LogP contribution in [-0.2, 0) is 0 Å². The summed E-state index contributed by atoms with van der Waals surface area (Å²) in [6, 6.07) is 0.742. The third kappa shape index (κ3) is 4.62. The molecule has 0 aromatic carbocycles. The third-order valence-corrected chi connectivity index (χ3v) is 4.67. The zero-order valence-corrected chi connectivity index (χ0v) is 12.6. The number of nitrogens with one attached hydrogen (secondary N) is 1. The van der Waals surface area contributed by atoms with E-state index in [4.69, 9.17) is 0 Å². The molecule has 0 heterocycles. The first-order valence-electron chi connectivity index (χ1n) is 7.79. The Bertz CT molecular complexity index is 198. The predicted molar refractivity (Wildman–Crippen MR) is 77.2 cm³/mol. The van der Waals surface area contributed by atoms with Gasteiger partial charge in [-0.05, 0) is 49.5 Å². The van der Waals surface area contributed by atoms with Crippen LogP contribution in [0.2, 0.25) is 0 Å². The van der Waals surface area contributed by atoms with E-state index in [1.54, 1.807) is 0 Å². The van der Waals surface area contributed by atoms with Crippen LogP contribution in [0.25, 0.3) is 0 Å². The molecule has 0 saturated heterocycles. The second kappa shape index (κ2) is 7.41. The van der Waals surface area contributed by atoms with Crippen LogP contribution in [0.15, 0.2) is 0 Å². The molecule has 3 atom stereocenters. The van der Waals surface area contributed by atoms with E-state index in [-0.39, 0.29) is 0 Å². The minimum atomic E-state index is 0.742. The van der Waals surface area contributed by atoms with Crippen molar-refractivity contribution in [2.45, 2.75) is 72.8 Å². The Morgan fingerprint density at radius 1 is 0.941 bits per heavy atom. The maximum Gasteiger partial charge on any atom is 0.0118 e. The molecule has 1 aliphatic rings. The molecular weight excluding hydrogens is 206 g/mol. The molecule has 0 aliphatic heterocycles. The minimum Gasteiger partial charge on any atom is -0.314 e. The topological polar surface area (TPSA) is 12.0 Å². The average molecular weight is 239 g/mol. The highest BCUT2D eigenvalue weighted by Gasteiger charge is 2.27. The van der Waals surface area contributed by atoms with E-state index < -0.39 is 0 Å². The van der Waals surface area contributed by atoms with E-state index in [0.29, 0.717) is 0 Å². The molecule has 1 N–H and O–H groups in total. The molecule has 0 bridgehead atoms. The van der Waals surface area contributed by atoms with Gasteiger partial charge in [-0.25, -0.2) is 0 Å². The van der Waals surface area contributed by atoms with E-state index in [0.717, 1.165) is 36.3 Å². The summed E-state index contributed by atoms with van der Waals surface area (Å²) in [4.78, 5) is 0. The number of hydrogen-bond acceptors (Lipinski definition) is 1. The summed E-state index contributed by atoms with van der Waals surface area (Å²) in [5.41, 5.74) is 0. The molecule has 0 aromatic rings. The van der Waals surface area contributed by atoms with Crippen LogP contribution >= 0.6 is 0 Å².